The van der Waals surface area contributed by atoms with Gasteiger partial charge in [-0.15, -0.1) is 0 Å². The maximum absolute atomic E-state index is 12.7. The van der Waals surface area contributed by atoms with Crippen molar-refractivity contribution in [1.82, 2.24) is 0 Å². The van der Waals surface area contributed by atoms with E-state index >= 15 is 0 Å². The van der Waals surface area contributed by atoms with E-state index in [4.69, 9.17) is 18.6 Å². The number of carbonyl (C=O) groups is 1. The minimum Gasteiger partial charge on any atom is -0.496 e. The number of amides is 1. The summed E-state index contributed by atoms with van der Waals surface area (Å²) in [6.45, 7) is 0.930. The summed E-state index contributed by atoms with van der Waals surface area (Å²) >= 11 is 0. The number of methoxy groups -OCH3 is 1. The Bertz CT molecular complexity index is 1390. The van der Waals surface area contributed by atoms with Gasteiger partial charge in [0.15, 0.2) is 11.5 Å². The standard InChI is InChI=1S/C25H19NO6/c1-29-22-14-17(26-24(27)16-6-9-21-23(13-16)31-11-10-30-21)7-8-18(22)19-12-15-4-2-3-5-20(15)32-25(19)28/h2-9,12-14H,10-11H2,1H3,(H,26,27). The Kier molecular flexibility index (Phi) is 4.99. The topological polar surface area (TPSA) is 87.0 Å². The zero-order valence-electron chi connectivity index (χ0n) is 17.2. The van der Waals surface area contributed by atoms with Gasteiger partial charge in [0.05, 0.1) is 12.7 Å². The first-order chi connectivity index (χ1) is 15.6. The fraction of sp³-hybridized carbons (Fsp3) is 0.120. The van der Waals surface area contributed by atoms with Gasteiger partial charge < -0.3 is 23.9 Å². The lowest BCUT2D eigenvalue weighted by molar-refractivity contribution is 0.102. The second-order valence-electron chi connectivity index (χ2n) is 7.21. The van der Waals surface area contributed by atoms with E-state index in [-0.39, 0.29) is 5.91 Å². The van der Waals surface area contributed by atoms with E-state index in [9.17, 15) is 9.59 Å². The molecule has 7 heteroatoms. The summed E-state index contributed by atoms with van der Waals surface area (Å²) in [4.78, 5) is 25.3. The predicted octanol–water partition coefficient (Wildman–Crippen LogP) is 4.49. The number of ether oxygens (including phenoxy) is 3. The van der Waals surface area contributed by atoms with Crippen molar-refractivity contribution >= 4 is 22.6 Å². The third-order valence-electron chi connectivity index (χ3n) is 5.20. The SMILES string of the molecule is COc1cc(NC(=O)c2ccc3c(c2)OCCO3)ccc1-c1cc2ccccc2oc1=O. The van der Waals surface area contributed by atoms with Crippen LogP contribution >= 0.6 is 0 Å². The Labute approximate surface area is 183 Å². The molecule has 0 radical (unpaired) electrons. The molecule has 4 aromatic rings. The molecule has 0 fully saturated rings. The molecule has 0 atom stereocenters. The van der Waals surface area contributed by atoms with Crippen LogP contribution in [-0.4, -0.2) is 26.2 Å². The number of hydrogen-bond donors (Lipinski definition) is 1. The lowest BCUT2D eigenvalue weighted by Crippen LogP contribution is -2.17. The molecule has 7 nitrogen and oxygen atoms in total. The first-order valence-electron chi connectivity index (χ1n) is 10.0. The van der Waals surface area contributed by atoms with Crippen molar-refractivity contribution in [3.05, 3.63) is 82.7 Å². The quantitative estimate of drug-likeness (QED) is 0.481. The minimum atomic E-state index is -0.463. The summed E-state index contributed by atoms with van der Waals surface area (Å²) in [5, 5.41) is 3.65. The molecule has 1 N–H and O–H groups in total. The first-order valence-corrected chi connectivity index (χ1v) is 10.0. The maximum Gasteiger partial charge on any atom is 0.344 e. The van der Waals surface area contributed by atoms with E-state index in [0.717, 1.165) is 5.39 Å². The van der Waals surface area contributed by atoms with Gasteiger partial charge in [-0.25, -0.2) is 4.79 Å². The average molecular weight is 429 g/mol. The number of carbonyl (C=O) groups excluding carboxylic acids is 1. The average Bonchev–Trinajstić information content (AvgIpc) is 2.83. The Morgan fingerprint density at radius 1 is 0.906 bits per heavy atom. The van der Waals surface area contributed by atoms with Crippen molar-refractivity contribution in [2.24, 2.45) is 0 Å². The van der Waals surface area contributed by atoms with E-state index in [0.29, 0.717) is 58.4 Å². The van der Waals surface area contributed by atoms with E-state index in [1.54, 1.807) is 48.5 Å². The van der Waals surface area contributed by atoms with Crippen molar-refractivity contribution in [2.45, 2.75) is 0 Å². The van der Waals surface area contributed by atoms with Gasteiger partial charge in [-0.05, 0) is 42.5 Å². The van der Waals surface area contributed by atoms with Crippen LogP contribution in [0.15, 0.2) is 75.9 Å². The highest BCUT2D eigenvalue weighted by atomic mass is 16.6. The van der Waals surface area contributed by atoms with Gasteiger partial charge in [-0.3, -0.25) is 4.79 Å². The smallest absolute Gasteiger partial charge is 0.344 e. The van der Waals surface area contributed by atoms with Crippen LogP contribution in [-0.2, 0) is 0 Å². The number of fused-ring (bicyclic) bond motifs is 2. The predicted molar refractivity (Wildman–Crippen MR) is 120 cm³/mol. The molecule has 0 spiro atoms. The maximum atomic E-state index is 12.7. The second-order valence-corrected chi connectivity index (χ2v) is 7.21. The van der Waals surface area contributed by atoms with Crippen LogP contribution in [0, 0.1) is 0 Å². The molecule has 2 heterocycles. The normalized spacial score (nSPS) is 12.4. The number of benzene rings is 3. The van der Waals surface area contributed by atoms with Crippen LogP contribution in [0.25, 0.3) is 22.1 Å². The van der Waals surface area contributed by atoms with Gasteiger partial charge in [-0.2, -0.15) is 0 Å². The highest BCUT2D eigenvalue weighted by Gasteiger charge is 2.17. The number of nitrogens with one attached hydrogen (secondary N) is 1. The zero-order chi connectivity index (χ0) is 22.1. The van der Waals surface area contributed by atoms with Crippen LogP contribution in [0.2, 0.25) is 0 Å². The molecule has 0 aliphatic carbocycles. The van der Waals surface area contributed by atoms with Gasteiger partial charge in [0.2, 0.25) is 0 Å². The van der Waals surface area contributed by atoms with E-state index < -0.39 is 5.63 Å². The summed E-state index contributed by atoms with van der Waals surface area (Å²) in [6.07, 6.45) is 0. The monoisotopic (exact) mass is 429 g/mol. The molecule has 0 saturated heterocycles. The Morgan fingerprint density at radius 2 is 1.72 bits per heavy atom. The second kappa shape index (κ2) is 8.11. The summed E-state index contributed by atoms with van der Waals surface area (Å²) in [6, 6.07) is 19.2. The molecule has 0 bridgehead atoms. The Morgan fingerprint density at radius 3 is 2.56 bits per heavy atom. The van der Waals surface area contributed by atoms with Crippen molar-refractivity contribution in [1.29, 1.82) is 0 Å². The van der Waals surface area contributed by atoms with Crippen molar-refractivity contribution in [3.8, 4) is 28.4 Å². The molecule has 3 aromatic carbocycles. The zero-order valence-corrected chi connectivity index (χ0v) is 17.2. The third kappa shape index (κ3) is 3.65. The van der Waals surface area contributed by atoms with Crippen LogP contribution < -0.4 is 25.2 Å². The molecule has 160 valence electrons. The summed E-state index contributed by atoms with van der Waals surface area (Å²) in [7, 11) is 1.51. The van der Waals surface area contributed by atoms with Crippen LogP contribution in [0.3, 0.4) is 0 Å². The van der Waals surface area contributed by atoms with Gasteiger partial charge in [0.1, 0.15) is 24.5 Å². The number of para-hydroxylation sites is 1. The summed E-state index contributed by atoms with van der Waals surface area (Å²) < 4.78 is 22.0. The largest absolute Gasteiger partial charge is 0.496 e. The van der Waals surface area contributed by atoms with Gasteiger partial charge in [-0.1, -0.05) is 18.2 Å². The molecule has 5 rings (SSSR count). The van der Waals surface area contributed by atoms with Crippen LogP contribution in [0.5, 0.6) is 17.2 Å². The summed E-state index contributed by atoms with van der Waals surface area (Å²) in [5.74, 6) is 1.29. The van der Waals surface area contributed by atoms with Crippen molar-refractivity contribution in [3.63, 3.8) is 0 Å². The fourth-order valence-corrected chi connectivity index (χ4v) is 3.63. The van der Waals surface area contributed by atoms with E-state index in [1.165, 1.54) is 7.11 Å². The molecular formula is C25H19NO6. The lowest BCUT2D eigenvalue weighted by Gasteiger charge is -2.18. The highest BCUT2D eigenvalue weighted by Crippen LogP contribution is 2.33. The summed E-state index contributed by atoms with van der Waals surface area (Å²) in [5.41, 5.74) is 1.97. The molecule has 1 aliphatic rings. The van der Waals surface area contributed by atoms with E-state index in [2.05, 4.69) is 5.32 Å². The molecule has 1 amide bonds. The molecule has 0 saturated carbocycles. The van der Waals surface area contributed by atoms with Crippen LogP contribution in [0.4, 0.5) is 5.69 Å². The molecule has 32 heavy (non-hydrogen) atoms. The van der Waals surface area contributed by atoms with E-state index in [1.807, 2.05) is 18.2 Å². The molecule has 1 aliphatic heterocycles. The molecular weight excluding hydrogens is 410 g/mol. The number of anilines is 1. The lowest BCUT2D eigenvalue weighted by atomic mass is 10.0. The van der Waals surface area contributed by atoms with Crippen LogP contribution in [0.1, 0.15) is 10.4 Å². The first kappa shape index (κ1) is 19.7. The fourth-order valence-electron chi connectivity index (χ4n) is 3.63. The minimum absolute atomic E-state index is 0.304. The van der Waals surface area contributed by atoms with Gasteiger partial charge in [0, 0.05) is 28.3 Å². The Hall–Kier alpha value is -4.26. The molecule has 0 unspecified atom stereocenters. The van der Waals surface area contributed by atoms with Gasteiger partial charge in [0.25, 0.3) is 5.91 Å². The Balaban J connectivity index is 1.44. The highest BCUT2D eigenvalue weighted by molar-refractivity contribution is 6.05. The molecule has 1 aromatic heterocycles. The number of hydrogen-bond acceptors (Lipinski definition) is 6. The van der Waals surface area contributed by atoms with Crippen molar-refractivity contribution < 1.29 is 23.4 Å². The van der Waals surface area contributed by atoms with Gasteiger partial charge >= 0.3 is 5.63 Å². The number of rotatable bonds is 4. The third-order valence-corrected chi connectivity index (χ3v) is 5.20. The van der Waals surface area contributed by atoms with Crippen molar-refractivity contribution in [2.75, 3.05) is 25.6 Å².